The first kappa shape index (κ1) is 8.83. The van der Waals surface area contributed by atoms with E-state index in [1.165, 1.54) is 38.5 Å². The monoisotopic (exact) mass is 152 g/mol. The van der Waals surface area contributed by atoms with Crippen molar-refractivity contribution in [1.82, 2.24) is 0 Å². The topological polar surface area (TPSA) is 0 Å². The van der Waals surface area contributed by atoms with Crippen molar-refractivity contribution in [2.45, 2.75) is 52.4 Å². The highest BCUT2D eigenvalue weighted by atomic mass is 14.3. The molecule has 0 saturated heterocycles. The average molecular weight is 152 g/mol. The molecule has 1 saturated carbocycles. The van der Waals surface area contributed by atoms with Gasteiger partial charge in [0.05, 0.1) is 0 Å². The number of rotatable bonds is 4. The van der Waals surface area contributed by atoms with Crippen LogP contribution in [-0.2, 0) is 0 Å². The first-order chi connectivity index (χ1) is 5.36. The van der Waals surface area contributed by atoms with E-state index in [1.54, 1.807) is 5.57 Å². The largest absolute Gasteiger partial charge is 0.0856 e. The Balaban J connectivity index is 2.04. The molecule has 0 nitrogen and oxygen atoms in total. The lowest BCUT2D eigenvalue weighted by atomic mass is 9.77. The second-order valence-electron chi connectivity index (χ2n) is 3.69. The van der Waals surface area contributed by atoms with Crippen LogP contribution in [0.1, 0.15) is 52.4 Å². The van der Waals surface area contributed by atoms with Gasteiger partial charge in [-0.25, -0.2) is 0 Å². The zero-order valence-electron chi connectivity index (χ0n) is 7.90. The van der Waals surface area contributed by atoms with Gasteiger partial charge in [0.1, 0.15) is 0 Å². The molecule has 0 N–H and O–H groups in total. The van der Waals surface area contributed by atoms with E-state index >= 15 is 0 Å². The van der Waals surface area contributed by atoms with Crippen LogP contribution in [0, 0.1) is 5.92 Å². The van der Waals surface area contributed by atoms with Gasteiger partial charge in [-0.1, -0.05) is 38.3 Å². The van der Waals surface area contributed by atoms with Crippen molar-refractivity contribution in [1.29, 1.82) is 0 Å². The van der Waals surface area contributed by atoms with Crippen LogP contribution in [0.2, 0.25) is 0 Å². The van der Waals surface area contributed by atoms with E-state index < -0.39 is 0 Å². The summed E-state index contributed by atoms with van der Waals surface area (Å²) in [7, 11) is 0. The lowest BCUT2D eigenvalue weighted by Gasteiger charge is -2.29. The molecule has 0 aromatic carbocycles. The Kier molecular flexibility index (Phi) is 3.68. The van der Waals surface area contributed by atoms with E-state index in [2.05, 4.69) is 19.9 Å². The van der Waals surface area contributed by atoms with E-state index in [4.69, 9.17) is 0 Å². The normalized spacial score (nSPS) is 23.1. The predicted molar refractivity (Wildman–Crippen MR) is 50.6 cm³/mol. The SMILES string of the molecule is CCC=C1CC(CCCC)C1. The van der Waals surface area contributed by atoms with Crippen molar-refractivity contribution in [3.63, 3.8) is 0 Å². The molecule has 1 rings (SSSR count). The van der Waals surface area contributed by atoms with E-state index in [0.29, 0.717) is 0 Å². The summed E-state index contributed by atoms with van der Waals surface area (Å²) in [6.07, 6.45) is 10.7. The van der Waals surface area contributed by atoms with Crippen molar-refractivity contribution < 1.29 is 0 Å². The zero-order valence-corrected chi connectivity index (χ0v) is 7.90. The highest BCUT2D eigenvalue weighted by molar-refractivity contribution is 5.12. The van der Waals surface area contributed by atoms with Gasteiger partial charge in [0.25, 0.3) is 0 Å². The molecule has 0 unspecified atom stereocenters. The Morgan fingerprint density at radius 2 is 2.09 bits per heavy atom. The number of unbranched alkanes of at least 4 members (excludes halogenated alkanes) is 1. The van der Waals surface area contributed by atoms with Gasteiger partial charge in [0, 0.05) is 0 Å². The van der Waals surface area contributed by atoms with Crippen LogP contribution in [0.3, 0.4) is 0 Å². The first-order valence-electron chi connectivity index (χ1n) is 5.04. The molecule has 0 amide bonds. The van der Waals surface area contributed by atoms with Crippen molar-refractivity contribution in [2.75, 3.05) is 0 Å². The number of hydrogen-bond donors (Lipinski definition) is 0. The smallest absolute Gasteiger partial charge is 0.0289 e. The molecular weight excluding hydrogens is 132 g/mol. The van der Waals surface area contributed by atoms with Crippen LogP contribution < -0.4 is 0 Å². The standard InChI is InChI=1S/C11H20/c1-3-5-7-11-8-10(9-11)6-4-2/h6,11H,3-5,7-9H2,1-2H3. The molecule has 0 bridgehead atoms. The van der Waals surface area contributed by atoms with E-state index in [9.17, 15) is 0 Å². The maximum Gasteiger partial charge on any atom is -0.0289 e. The molecule has 0 aliphatic heterocycles. The van der Waals surface area contributed by atoms with Gasteiger partial charge < -0.3 is 0 Å². The lowest BCUT2D eigenvalue weighted by molar-refractivity contribution is 0.375. The van der Waals surface area contributed by atoms with Crippen LogP contribution in [0.5, 0.6) is 0 Å². The van der Waals surface area contributed by atoms with E-state index in [1.807, 2.05) is 0 Å². The van der Waals surface area contributed by atoms with Crippen molar-refractivity contribution in [3.05, 3.63) is 11.6 Å². The van der Waals surface area contributed by atoms with E-state index in [0.717, 1.165) is 5.92 Å². The second kappa shape index (κ2) is 4.58. The fourth-order valence-electron chi connectivity index (χ4n) is 1.83. The predicted octanol–water partition coefficient (Wildman–Crippen LogP) is 3.92. The summed E-state index contributed by atoms with van der Waals surface area (Å²) in [5, 5.41) is 0. The molecule has 11 heavy (non-hydrogen) atoms. The summed E-state index contributed by atoms with van der Waals surface area (Å²) < 4.78 is 0. The van der Waals surface area contributed by atoms with Gasteiger partial charge in [-0.15, -0.1) is 0 Å². The van der Waals surface area contributed by atoms with E-state index in [-0.39, 0.29) is 0 Å². The Hall–Kier alpha value is -0.260. The quantitative estimate of drug-likeness (QED) is 0.535. The summed E-state index contributed by atoms with van der Waals surface area (Å²) in [6.45, 7) is 4.51. The van der Waals surface area contributed by atoms with Gasteiger partial charge >= 0.3 is 0 Å². The summed E-state index contributed by atoms with van der Waals surface area (Å²) in [5.74, 6) is 1.05. The Labute approximate surface area is 70.7 Å². The minimum absolute atomic E-state index is 1.05. The minimum atomic E-state index is 1.05. The molecule has 0 heterocycles. The molecule has 1 aliphatic carbocycles. The zero-order chi connectivity index (χ0) is 8.10. The highest BCUT2D eigenvalue weighted by Crippen LogP contribution is 2.36. The van der Waals surface area contributed by atoms with Crippen LogP contribution in [-0.4, -0.2) is 0 Å². The molecule has 64 valence electrons. The molecule has 0 aromatic heterocycles. The Morgan fingerprint density at radius 3 is 2.64 bits per heavy atom. The third kappa shape index (κ3) is 2.69. The van der Waals surface area contributed by atoms with Crippen molar-refractivity contribution in [2.24, 2.45) is 5.92 Å². The summed E-state index contributed by atoms with van der Waals surface area (Å²) in [4.78, 5) is 0. The molecule has 0 radical (unpaired) electrons. The summed E-state index contributed by atoms with van der Waals surface area (Å²) >= 11 is 0. The van der Waals surface area contributed by atoms with Gasteiger partial charge in [-0.2, -0.15) is 0 Å². The molecule has 0 atom stereocenters. The van der Waals surface area contributed by atoms with Gasteiger partial charge in [-0.05, 0) is 31.6 Å². The first-order valence-corrected chi connectivity index (χ1v) is 5.04. The van der Waals surface area contributed by atoms with Gasteiger partial charge in [0.15, 0.2) is 0 Å². The highest BCUT2D eigenvalue weighted by Gasteiger charge is 2.21. The fourth-order valence-corrected chi connectivity index (χ4v) is 1.83. The number of hydrogen-bond acceptors (Lipinski definition) is 0. The van der Waals surface area contributed by atoms with Gasteiger partial charge in [0.2, 0.25) is 0 Å². The molecular formula is C11H20. The van der Waals surface area contributed by atoms with Crippen molar-refractivity contribution >= 4 is 0 Å². The van der Waals surface area contributed by atoms with Gasteiger partial charge in [-0.3, -0.25) is 0 Å². The molecule has 1 aliphatic rings. The summed E-state index contributed by atoms with van der Waals surface area (Å²) in [5.41, 5.74) is 1.72. The third-order valence-electron chi connectivity index (χ3n) is 2.56. The van der Waals surface area contributed by atoms with Crippen molar-refractivity contribution in [3.8, 4) is 0 Å². The molecule has 0 aromatic rings. The fraction of sp³-hybridized carbons (Fsp3) is 0.818. The van der Waals surface area contributed by atoms with Crippen LogP contribution in [0.25, 0.3) is 0 Å². The maximum atomic E-state index is 2.41. The Bertz CT molecular complexity index is 125. The average Bonchev–Trinajstić information content (AvgIpc) is 1.94. The minimum Gasteiger partial charge on any atom is -0.0856 e. The molecule has 0 spiro atoms. The second-order valence-corrected chi connectivity index (χ2v) is 3.69. The molecule has 0 heteroatoms. The Morgan fingerprint density at radius 1 is 1.36 bits per heavy atom. The van der Waals surface area contributed by atoms with Crippen LogP contribution in [0.4, 0.5) is 0 Å². The maximum absolute atomic E-state index is 2.41. The third-order valence-corrected chi connectivity index (χ3v) is 2.56. The van der Waals surface area contributed by atoms with Crippen LogP contribution >= 0.6 is 0 Å². The summed E-state index contributed by atoms with van der Waals surface area (Å²) in [6, 6.07) is 0. The molecule has 1 fully saturated rings. The lowest BCUT2D eigenvalue weighted by Crippen LogP contribution is -2.14. The van der Waals surface area contributed by atoms with Crippen LogP contribution in [0.15, 0.2) is 11.6 Å². The number of allylic oxidation sites excluding steroid dienone is 2.